The Morgan fingerprint density at radius 2 is 2.00 bits per heavy atom. The number of aromatic amines is 1. The lowest BCUT2D eigenvalue weighted by Gasteiger charge is -2.56. The number of piperazine rings is 1. The molecule has 2 unspecified atom stereocenters. The lowest BCUT2D eigenvalue weighted by Crippen LogP contribution is -2.68. The van der Waals surface area contributed by atoms with Gasteiger partial charge < -0.3 is 9.72 Å². The Balaban J connectivity index is 1.16. The van der Waals surface area contributed by atoms with Crippen molar-refractivity contribution < 1.29 is 4.74 Å². The molecule has 26 heavy (non-hydrogen) atoms. The average Bonchev–Trinajstić information content (AvgIpc) is 3.06. The lowest BCUT2D eigenvalue weighted by molar-refractivity contribution is -0.0762. The summed E-state index contributed by atoms with van der Waals surface area (Å²) in [7, 11) is 0. The number of aryl methyl sites for hydroxylation is 1. The van der Waals surface area contributed by atoms with Crippen molar-refractivity contribution in [2.24, 2.45) is 5.92 Å². The molecule has 1 N–H and O–H groups in total. The van der Waals surface area contributed by atoms with Crippen LogP contribution >= 0.6 is 0 Å². The molecule has 0 radical (unpaired) electrons. The second-order valence-corrected chi connectivity index (χ2v) is 8.47. The summed E-state index contributed by atoms with van der Waals surface area (Å²) in [6, 6.07) is 7.90. The van der Waals surface area contributed by atoms with Crippen LogP contribution in [0.15, 0.2) is 18.2 Å². The van der Waals surface area contributed by atoms with Crippen LogP contribution in [0.4, 0.5) is 0 Å². The van der Waals surface area contributed by atoms with Crippen molar-refractivity contribution in [1.29, 1.82) is 0 Å². The Hall–Kier alpha value is -1.43. The molecular weight excluding hydrogens is 324 g/mol. The minimum atomic E-state index is 0.764. The van der Waals surface area contributed by atoms with Crippen LogP contribution in [0.3, 0.4) is 0 Å². The molecule has 4 saturated heterocycles. The number of aromatic nitrogens is 2. The van der Waals surface area contributed by atoms with Crippen molar-refractivity contribution >= 4 is 11.0 Å². The summed E-state index contributed by atoms with van der Waals surface area (Å²) < 4.78 is 5.49. The van der Waals surface area contributed by atoms with E-state index in [1.807, 2.05) is 0 Å². The molecule has 4 aliphatic rings. The van der Waals surface area contributed by atoms with Gasteiger partial charge in [-0.25, -0.2) is 4.98 Å². The summed E-state index contributed by atoms with van der Waals surface area (Å²) in [5, 5.41) is 0. The van der Waals surface area contributed by atoms with Crippen LogP contribution in [0.5, 0.6) is 0 Å². The Morgan fingerprint density at radius 3 is 2.77 bits per heavy atom. The molecule has 4 fully saturated rings. The van der Waals surface area contributed by atoms with Crippen molar-refractivity contribution in [2.45, 2.75) is 51.2 Å². The first-order chi connectivity index (χ1) is 12.8. The predicted octanol–water partition coefficient (Wildman–Crippen LogP) is 2.95. The third kappa shape index (κ3) is 3.17. The first kappa shape index (κ1) is 16.7. The molecule has 5 heterocycles. The quantitative estimate of drug-likeness (QED) is 0.897. The molecule has 1 aromatic carbocycles. The van der Waals surface area contributed by atoms with Crippen LogP contribution in [-0.4, -0.2) is 64.7 Å². The van der Waals surface area contributed by atoms with E-state index in [4.69, 9.17) is 9.72 Å². The molecule has 140 valence electrons. The van der Waals surface area contributed by atoms with Crippen LogP contribution in [0.25, 0.3) is 11.0 Å². The number of H-pyrrole nitrogens is 1. The SMILES string of the molecule is Cc1cccc2[nH]c(CN3CC4CC(C3)N4CCC3CCOCC3)nc12. The average molecular weight is 354 g/mol. The van der Waals surface area contributed by atoms with Crippen molar-refractivity contribution in [3.63, 3.8) is 0 Å². The molecule has 0 spiro atoms. The molecule has 5 nitrogen and oxygen atoms in total. The highest BCUT2D eigenvalue weighted by Crippen LogP contribution is 2.34. The second-order valence-electron chi connectivity index (χ2n) is 8.47. The van der Waals surface area contributed by atoms with Crippen LogP contribution in [-0.2, 0) is 11.3 Å². The fourth-order valence-electron chi connectivity index (χ4n) is 5.15. The summed E-state index contributed by atoms with van der Waals surface area (Å²) in [6.07, 6.45) is 5.28. The number of imidazole rings is 1. The Morgan fingerprint density at radius 1 is 1.19 bits per heavy atom. The predicted molar refractivity (Wildman–Crippen MR) is 103 cm³/mol. The number of benzene rings is 1. The highest BCUT2D eigenvalue weighted by atomic mass is 16.5. The lowest BCUT2D eigenvalue weighted by atomic mass is 9.86. The van der Waals surface area contributed by atoms with E-state index in [1.54, 1.807) is 0 Å². The molecule has 6 rings (SSSR count). The van der Waals surface area contributed by atoms with Crippen molar-refractivity contribution in [1.82, 2.24) is 19.8 Å². The van der Waals surface area contributed by atoms with E-state index < -0.39 is 0 Å². The molecule has 0 aliphatic carbocycles. The number of hydrogen-bond donors (Lipinski definition) is 1. The normalized spacial score (nSPS) is 27.7. The first-order valence-electron chi connectivity index (χ1n) is 10.3. The summed E-state index contributed by atoms with van der Waals surface area (Å²) in [5.41, 5.74) is 3.55. The van der Waals surface area contributed by atoms with Gasteiger partial charge in [0, 0.05) is 38.4 Å². The third-order valence-corrected chi connectivity index (χ3v) is 6.69. The minimum Gasteiger partial charge on any atom is -0.381 e. The van der Waals surface area contributed by atoms with Gasteiger partial charge >= 0.3 is 0 Å². The standard InChI is InChI=1S/C21H30N4O/c1-15-3-2-4-19-21(15)23-20(22-19)14-24-12-17-11-18(13-24)25(17)8-5-16-6-9-26-10-7-16/h2-4,16-18H,5-14H2,1H3,(H,22,23). The number of nitrogens with zero attached hydrogens (tertiary/aromatic N) is 3. The van der Waals surface area contributed by atoms with Crippen LogP contribution < -0.4 is 0 Å². The van der Waals surface area contributed by atoms with Gasteiger partial charge in [-0.1, -0.05) is 12.1 Å². The van der Waals surface area contributed by atoms with Gasteiger partial charge in [0.25, 0.3) is 0 Å². The van der Waals surface area contributed by atoms with E-state index in [0.29, 0.717) is 0 Å². The highest BCUT2D eigenvalue weighted by molar-refractivity contribution is 5.78. The Bertz CT molecular complexity index is 754. The van der Waals surface area contributed by atoms with E-state index in [1.165, 1.54) is 56.4 Å². The van der Waals surface area contributed by atoms with Gasteiger partial charge in [-0.2, -0.15) is 0 Å². The summed E-state index contributed by atoms with van der Waals surface area (Å²) in [5.74, 6) is 2.00. The zero-order valence-corrected chi connectivity index (χ0v) is 15.8. The number of hydrogen-bond acceptors (Lipinski definition) is 4. The van der Waals surface area contributed by atoms with Crippen LogP contribution in [0.1, 0.15) is 37.1 Å². The largest absolute Gasteiger partial charge is 0.381 e. The van der Waals surface area contributed by atoms with E-state index >= 15 is 0 Å². The molecule has 1 aromatic heterocycles. The Kier molecular flexibility index (Phi) is 4.47. The van der Waals surface area contributed by atoms with E-state index in [2.05, 4.69) is 39.9 Å². The molecule has 5 heteroatoms. The van der Waals surface area contributed by atoms with Gasteiger partial charge in [0.2, 0.25) is 0 Å². The van der Waals surface area contributed by atoms with Gasteiger partial charge in [-0.3, -0.25) is 9.80 Å². The van der Waals surface area contributed by atoms with E-state index in [0.717, 1.165) is 49.1 Å². The monoisotopic (exact) mass is 354 g/mol. The number of para-hydroxylation sites is 1. The van der Waals surface area contributed by atoms with Gasteiger partial charge in [0.1, 0.15) is 5.82 Å². The third-order valence-electron chi connectivity index (χ3n) is 6.69. The number of piperidine rings is 1. The van der Waals surface area contributed by atoms with E-state index in [-0.39, 0.29) is 0 Å². The second kappa shape index (κ2) is 6.95. The minimum absolute atomic E-state index is 0.764. The fourth-order valence-corrected chi connectivity index (χ4v) is 5.15. The summed E-state index contributed by atoms with van der Waals surface area (Å²) in [4.78, 5) is 13.7. The molecule has 2 bridgehead atoms. The first-order valence-corrected chi connectivity index (χ1v) is 10.3. The number of nitrogens with one attached hydrogen (secondary N) is 1. The topological polar surface area (TPSA) is 44.4 Å². The molecule has 4 aliphatic heterocycles. The van der Waals surface area contributed by atoms with Crippen molar-refractivity contribution in [2.75, 3.05) is 32.8 Å². The molecule has 0 amide bonds. The maximum Gasteiger partial charge on any atom is 0.121 e. The summed E-state index contributed by atoms with van der Waals surface area (Å²) in [6.45, 7) is 8.72. The van der Waals surface area contributed by atoms with Gasteiger partial charge in [-0.15, -0.1) is 0 Å². The molecule has 0 saturated carbocycles. The smallest absolute Gasteiger partial charge is 0.121 e. The van der Waals surface area contributed by atoms with Crippen molar-refractivity contribution in [3.05, 3.63) is 29.6 Å². The molecular formula is C21H30N4O. The van der Waals surface area contributed by atoms with Gasteiger partial charge in [-0.05, 0) is 56.7 Å². The van der Waals surface area contributed by atoms with Gasteiger partial charge in [0.05, 0.1) is 17.6 Å². The zero-order valence-electron chi connectivity index (χ0n) is 15.8. The van der Waals surface area contributed by atoms with E-state index in [9.17, 15) is 0 Å². The van der Waals surface area contributed by atoms with Crippen LogP contribution in [0, 0.1) is 12.8 Å². The number of rotatable bonds is 5. The highest BCUT2D eigenvalue weighted by Gasteiger charge is 2.44. The van der Waals surface area contributed by atoms with Crippen molar-refractivity contribution in [3.8, 4) is 0 Å². The zero-order chi connectivity index (χ0) is 17.5. The molecule has 2 atom stereocenters. The molecule has 2 aromatic rings. The Labute approximate surface area is 155 Å². The number of ether oxygens (including phenoxy) is 1. The fraction of sp³-hybridized carbons (Fsp3) is 0.667. The summed E-state index contributed by atoms with van der Waals surface area (Å²) >= 11 is 0. The maximum atomic E-state index is 5.49. The maximum absolute atomic E-state index is 5.49. The number of fused-ring (bicyclic) bond motifs is 3. The van der Waals surface area contributed by atoms with Crippen LogP contribution in [0.2, 0.25) is 0 Å². The van der Waals surface area contributed by atoms with Gasteiger partial charge in [0.15, 0.2) is 0 Å².